The molecule has 0 aromatic heterocycles. The van der Waals surface area contributed by atoms with Crippen molar-refractivity contribution in [2.45, 2.75) is 64.7 Å². The van der Waals surface area contributed by atoms with Gasteiger partial charge in [0.25, 0.3) is 0 Å². The van der Waals surface area contributed by atoms with Crippen molar-refractivity contribution in [3.8, 4) is 0 Å². The third kappa shape index (κ3) is 8.91. The van der Waals surface area contributed by atoms with Gasteiger partial charge in [-0.15, -0.1) is 0 Å². The fraction of sp³-hybridized carbons (Fsp3) is 0.867. The zero-order chi connectivity index (χ0) is 15.4. The van der Waals surface area contributed by atoms with Crippen LogP contribution in [0.4, 0.5) is 0 Å². The number of aliphatic hydroxyl groups excluding tert-OH is 1. The molecule has 5 nitrogen and oxygen atoms in total. The quantitative estimate of drug-likeness (QED) is 0.494. The first-order valence-corrected chi connectivity index (χ1v) is 7.59. The van der Waals surface area contributed by atoms with Crippen molar-refractivity contribution in [3.05, 3.63) is 0 Å². The van der Waals surface area contributed by atoms with E-state index in [0.29, 0.717) is 18.9 Å². The molecule has 1 aliphatic carbocycles. The standard InChI is InChI=1S/C8H14O4.C7H14O/c1-2-3-4-5-6(7(9)10)8(11)12;8-6-7-4-2-1-3-5-7/h6H,2-5H2,1H3,(H,9,10)(H,11,12);7-8H,1-6H2. The van der Waals surface area contributed by atoms with Gasteiger partial charge in [0.15, 0.2) is 5.92 Å². The van der Waals surface area contributed by atoms with E-state index in [2.05, 4.69) is 0 Å². The zero-order valence-electron chi connectivity index (χ0n) is 12.4. The number of unbranched alkanes of at least 4 members (excludes halogenated alkanes) is 2. The monoisotopic (exact) mass is 288 g/mol. The molecule has 0 aromatic rings. The molecular weight excluding hydrogens is 260 g/mol. The molecule has 0 bridgehead atoms. The number of hydrogen-bond acceptors (Lipinski definition) is 3. The van der Waals surface area contributed by atoms with Crippen LogP contribution in [0.2, 0.25) is 0 Å². The molecule has 0 amide bonds. The van der Waals surface area contributed by atoms with E-state index in [9.17, 15) is 9.59 Å². The topological polar surface area (TPSA) is 94.8 Å². The first-order valence-electron chi connectivity index (χ1n) is 7.59. The molecule has 1 aliphatic rings. The first kappa shape index (κ1) is 18.9. The Morgan fingerprint density at radius 1 is 1.05 bits per heavy atom. The first-order chi connectivity index (χ1) is 9.52. The van der Waals surface area contributed by atoms with Gasteiger partial charge in [0.2, 0.25) is 0 Å². The lowest BCUT2D eigenvalue weighted by Crippen LogP contribution is -2.23. The maximum absolute atomic E-state index is 10.4. The van der Waals surface area contributed by atoms with Gasteiger partial charge in [-0.2, -0.15) is 0 Å². The highest BCUT2D eigenvalue weighted by Crippen LogP contribution is 2.22. The number of aliphatic hydroxyl groups is 1. The molecule has 0 saturated heterocycles. The van der Waals surface area contributed by atoms with Gasteiger partial charge < -0.3 is 15.3 Å². The minimum Gasteiger partial charge on any atom is -0.481 e. The molecule has 0 atom stereocenters. The second-order valence-corrected chi connectivity index (χ2v) is 5.41. The molecule has 0 radical (unpaired) electrons. The van der Waals surface area contributed by atoms with Crippen LogP contribution >= 0.6 is 0 Å². The number of hydrogen-bond donors (Lipinski definition) is 3. The van der Waals surface area contributed by atoms with E-state index in [-0.39, 0.29) is 6.42 Å². The summed E-state index contributed by atoms with van der Waals surface area (Å²) < 4.78 is 0. The summed E-state index contributed by atoms with van der Waals surface area (Å²) in [5.74, 6) is -3.06. The minimum absolute atomic E-state index is 0.235. The highest BCUT2D eigenvalue weighted by molar-refractivity contribution is 5.92. The fourth-order valence-electron chi connectivity index (χ4n) is 2.32. The summed E-state index contributed by atoms with van der Waals surface area (Å²) in [5.41, 5.74) is 0. The zero-order valence-corrected chi connectivity index (χ0v) is 12.4. The van der Waals surface area contributed by atoms with Gasteiger partial charge in [-0.25, -0.2) is 0 Å². The van der Waals surface area contributed by atoms with Crippen LogP contribution < -0.4 is 0 Å². The molecule has 1 fully saturated rings. The molecule has 3 N–H and O–H groups in total. The van der Waals surface area contributed by atoms with Crippen molar-refractivity contribution in [1.82, 2.24) is 0 Å². The van der Waals surface area contributed by atoms with Crippen LogP contribution in [-0.2, 0) is 9.59 Å². The number of aliphatic carboxylic acids is 2. The van der Waals surface area contributed by atoms with Crippen LogP contribution in [0.3, 0.4) is 0 Å². The van der Waals surface area contributed by atoms with Crippen molar-refractivity contribution in [2.75, 3.05) is 6.61 Å². The molecule has 1 saturated carbocycles. The Bertz CT molecular complexity index is 257. The van der Waals surface area contributed by atoms with Crippen LogP contribution in [0.5, 0.6) is 0 Å². The van der Waals surface area contributed by atoms with Crippen LogP contribution in [0.15, 0.2) is 0 Å². The van der Waals surface area contributed by atoms with Crippen molar-refractivity contribution < 1.29 is 24.9 Å². The summed E-state index contributed by atoms with van der Waals surface area (Å²) >= 11 is 0. The smallest absolute Gasteiger partial charge is 0.317 e. The normalized spacial score (nSPS) is 15.6. The Morgan fingerprint density at radius 2 is 1.60 bits per heavy atom. The minimum atomic E-state index is -1.24. The highest BCUT2D eigenvalue weighted by atomic mass is 16.4. The van der Waals surface area contributed by atoms with E-state index < -0.39 is 17.9 Å². The Morgan fingerprint density at radius 3 is 1.95 bits per heavy atom. The van der Waals surface area contributed by atoms with E-state index in [4.69, 9.17) is 15.3 Å². The molecule has 5 heteroatoms. The summed E-state index contributed by atoms with van der Waals surface area (Å²) in [7, 11) is 0. The average Bonchev–Trinajstić information content (AvgIpc) is 2.44. The second-order valence-electron chi connectivity index (χ2n) is 5.41. The second kappa shape index (κ2) is 11.7. The lowest BCUT2D eigenvalue weighted by molar-refractivity contribution is -0.154. The molecule has 0 unspecified atom stereocenters. The van der Waals surface area contributed by atoms with E-state index >= 15 is 0 Å². The highest BCUT2D eigenvalue weighted by Gasteiger charge is 2.24. The Hall–Kier alpha value is -1.10. The van der Waals surface area contributed by atoms with Crippen LogP contribution in [0.25, 0.3) is 0 Å². The summed E-state index contributed by atoms with van der Waals surface area (Å²) in [6.45, 7) is 2.40. The lowest BCUT2D eigenvalue weighted by Gasteiger charge is -2.18. The maximum Gasteiger partial charge on any atom is 0.317 e. The van der Waals surface area contributed by atoms with Gasteiger partial charge in [0.1, 0.15) is 0 Å². The van der Waals surface area contributed by atoms with E-state index in [1.807, 2.05) is 6.92 Å². The SMILES string of the molecule is CCCCCC(C(=O)O)C(=O)O.OCC1CCCCC1. The number of carbonyl (C=O) groups is 2. The van der Waals surface area contributed by atoms with Gasteiger partial charge in [-0.1, -0.05) is 45.4 Å². The van der Waals surface area contributed by atoms with Crippen LogP contribution in [0.1, 0.15) is 64.7 Å². The average molecular weight is 288 g/mol. The molecule has 118 valence electrons. The summed E-state index contributed by atoms with van der Waals surface area (Å²) in [4.78, 5) is 20.7. The summed E-state index contributed by atoms with van der Waals surface area (Å²) in [6, 6.07) is 0. The van der Waals surface area contributed by atoms with Gasteiger partial charge >= 0.3 is 11.9 Å². The largest absolute Gasteiger partial charge is 0.481 e. The van der Waals surface area contributed by atoms with Gasteiger partial charge in [-0.3, -0.25) is 9.59 Å². The summed E-state index contributed by atoms with van der Waals surface area (Å²) in [5, 5.41) is 25.6. The molecule has 1 rings (SSSR count). The molecule has 0 aromatic carbocycles. The van der Waals surface area contributed by atoms with Crippen molar-refractivity contribution in [2.24, 2.45) is 11.8 Å². The maximum atomic E-state index is 10.4. The van der Waals surface area contributed by atoms with Crippen LogP contribution in [-0.4, -0.2) is 33.9 Å². The third-order valence-electron chi connectivity index (χ3n) is 3.68. The van der Waals surface area contributed by atoms with Gasteiger partial charge in [-0.05, 0) is 25.2 Å². The lowest BCUT2D eigenvalue weighted by atomic mass is 9.90. The summed E-state index contributed by atoms with van der Waals surface area (Å²) in [6.07, 6.45) is 9.33. The van der Waals surface area contributed by atoms with E-state index in [1.54, 1.807) is 0 Å². The Kier molecular flexibility index (Phi) is 11.1. The van der Waals surface area contributed by atoms with Crippen molar-refractivity contribution >= 4 is 11.9 Å². The number of carboxylic acid groups (broad SMARTS) is 2. The van der Waals surface area contributed by atoms with Crippen molar-refractivity contribution in [3.63, 3.8) is 0 Å². The van der Waals surface area contributed by atoms with Crippen LogP contribution in [0, 0.1) is 11.8 Å². The molecular formula is C15H28O5. The van der Waals surface area contributed by atoms with Gasteiger partial charge in [0.05, 0.1) is 0 Å². The Labute approximate surface area is 121 Å². The fourth-order valence-corrected chi connectivity index (χ4v) is 2.32. The molecule has 20 heavy (non-hydrogen) atoms. The molecule has 0 spiro atoms. The number of rotatable bonds is 7. The molecule has 0 aliphatic heterocycles. The van der Waals surface area contributed by atoms with E-state index in [1.165, 1.54) is 32.1 Å². The Balaban J connectivity index is 0.000000388. The number of carboxylic acids is 2. The van der Waals surface area contributed by atoms with Crippen molar-refractivity contribution in [1.29, 1.82) is 0 Å². The molecule has 0 heterocycles. The van der Waals surface area contributed by atoms with Gasteiger partial charge in [0, 0.05) is 6.61 Å². The third-order valence-corrected chi connectivity index (χ3v) is 3.68. The van der Waals surface area contributed by atoms with E-state index in [0.717, 1.165) is 12.8 Å². The predicted octanol–water partition coefficient (Wildman–Crippen LogP) is 2.91. The predicted molar refractivity (Wildman–Crippen MR) is 76.6 cm³/mol.